The van der Waals surface area contributed by atoms with E-state index < -0.39 is 5.60 Å². The second-order valence-electron chi connectivity index (χ2n) is 3.06. The lowest BCUT2D eigenvalue weighted by molar-refractivity contribution is -0.120. The molecule has 0 aromatic heterocycles. The quantitative estimate of drug-likeness (QED) is 0.475. The summed E-state index contributed by atoms with van der Waals surface area (Å²) < 4.78 is 0. The average molecular weight is 158 g/mol. The lowest BCUT2D eigenvalue weighted by Gasteiger charge is -2.20. The third-order valence-electron chi connectivity index (χ3n) is 1.89. The summed E-state index contributed by atoms with van der Waals surface area (Å²) in [7, 11) is 0. The molecule has 0 aromatic carbocycles. The van der Waals surface area contributed by atoms with E-state index in [1.54, 1.807) is 0 Å². The number of β-amino-alcohol motifs (C(OH)–C–C–N with tert-alkyl or cyclic N) is 1. The number of aliphatic hydroxyl groups is 1. The number of hydrogen-bond donors (Lipinski definition) is 3. The van der Waals surface area contributed by atoms with Gasteiger partial charge in [-0.1, -0.05) is 0 Å². The Morgan fingerprint density at radius 2 is 2.55 bits per heavy atom. The highest BCUT2D eigenvalue weighted by Crippen LogP contribution is 2.11. The molecule has 3 N–H and O–H groups in total. The van der Waals surface area contributed by atoms with E-state index in [0.29, 0.717) is 19.5 Å². The van der Waals surface area contributed by atoms with Crippen molar-refractivity contribution >= 4 is 5.91 Å². The van der Waals surface area contributed by atoms with E-state index in [4.69, 9.17) is 0 Å². The fourth-order valence-electron chi connectivity index (χ4n) is 1.17. The Morgan fingerprint density at radius 3 is 3.00 bits per heavy atom. The van der Waals surface area contributed by atoms with E-state index in [1.165, 1.54) is 6.92 Å². The predicted molar refractivity (Wildman–Crippen MR) is 41.1 cm³/mol. The molecule has 1 unspecified atom stereocenters. The maximum Gasteiger partial charge on any atom is 0.216 e. The Bertz CT molecular complexity index is 153. The third kappa shape index (κ3) is 2.48. The Morgan fingerprint density at radius 1 is 1.82 bits per heavy atom. The van der Waals surface area contributed by atoms with Gasteiger partial charge in [-0.2, -0.15) is 0 Å². The molecule has 1 aliphatic rings. The number of rotatable bonds is 2. The summed E-state index contributed by atoms with van der Waals surface area (Å²) in [5.41, 5.74) is -0.717. The van der Waals surface area contributed by atoms with Crippen molar-refractivity contribution in [3.05, 3.63) is 0 Å². The van der Waals surface area contributed by atoms with Gasteiger partial charge in [0.05, 0.1) is 5.60 Å². The van der Waals surface area contributed by atoms with Gasteiger partial charge in [0.25, 0.3) is 0 Å². The van der Waals surface area contributed by atoms with Crippen LogP contribution in [0.25, 0.3) is 0 Å². The summed E-state index contributed by atoms with van der Waals surface area (Å²) in [6.45, 7) is 3.21. The van der Waals surface area contributed by atoms with Gasteiger partial charge in [0, 0.05) is 20.0 Å². The molecule has 1 fully saturated rings. The second-order valence-corrected chi connectivity index (χ2v) is 3.06. The number of carbonyl (C=O) groups is 1. The molecule has 1 heterocycles. The predicted octanol–water partition coefficient (Wildman–Crippen LogP) is -1.15. The molecular weight excluding hydrogens is 144 g/mol. The molecule has 11 heavy (non-hydrogen) atoms. The maximum absolute atomic E-state index is 10.5. The molecule has 0 bridgehead atoms. The van der Waals surface area contributed by atoms with E-state index in [2.05, 4.69) is 10.6 Å². The van der Waals surface area contributed by atoms with Crippen molar-refractivity contribution in [3.63, 3.8) is 0 Å². The summed E-state index contributed by atoms with van der Waals surface area (Å²) in [6.07, 6.45) is 0.716. The number of amides is 1. The lowest BCUT2D eigenvalue weighted by atomic mass is 10.0. The molecule has 0 saturated carbocycles. The monoisotopic (exact) mass is 158 g/mol. The van der Waals surface area contributed by atoms with Gasteiger partial charge < -0.3 is 15.7 Å². The molecule has 0 spiro atoms. The zero-order valence-electron chi connectivity index (χ0n) is 6.68. The standard InChI is InChI=1S/C7H14N2O2/c1-6(10)9-5-7(11)2-3-8-4-7/h8,11H,2-5H2,1H3,(H,9,10). The Balaban J connectivity index is 2.28. The van der Waals surface area contributed by atoms with Gasteiger partial charge in [-0.05, 0) is 13.0 Å². The highest BCUT2D eigenvalue weighted by Gasteiger charge is 2.30. The number of carbonyl (C=O) groups excluding carboxylic acids is 1. The molecule has 1 rings (SSSR count). The highest BCUT2D eigenvalue weighted by molar-refractivity contribution is 5.72. The lowest BCUT2D eigenvalue weighted by Crippen LogP contribution is -2.43. The van der Waals surface area contributed by atoms with Crippen molar-refractivity contribution in [2.75, 3.05) is 19.6 Å². The highest BCUT2D eigenvalue weighted by atomic mass is 16.3. The van der Waals surface area contributed by atoms with Gasteiger partial charge in [-0.3, -0.25) is 4.79 Å². The molecule has 4 nitrogen and oxygen atoms in total. The molecule has 4 heteroatoms. The Hall–Kier alpha value is -0.610. The summed E-state index contributed by atoms with van der Waals surface area (Å²) in [4.78, 5) is 10.5. The molecule has 1 aliphatic heterocycles. The third-order valence-corrected chi connectivity index (χ3v) is 1.89. The van der Waals surface area contributed by atoms with Crippen molar-refractivity contribution < 1.29 is 9.90 Å². The van der Waals surface area contributed by atoms with Gasteiger partial charge in [0.15, 0.2) is 0 Å². The first kappa shape index (κ1) is 8.49. The topological polar surface area (TPSA) is 61.4 Å². The summed E-state index contributed by atoms with van der Waals surface area (Å²) >= 11 is 0. The first-order chi connectivity index (χ1) is 5.12. The van der Waals surface area contributed by atoms with E-state index in [0.717, 1.165) is 6.54 Å². The zero-order chi connectivity index (χ0) is 8.32. The minimum absolute atomic E-state index is 0.0923. The Kier molecular flexibility index (Phi) is 2.46. The normalized spacial score (nSPS) is 30.4. The molecular formula is C7H14N2O2. The molecule has 1 atom stereocenters. The van der Waals surface area contributed by atoms with E-state index >= 15 is 0 Å². The van der Waals surface area contributed by atoms with Gasteiger partial charge in [-0.15, -0.1) is 0 Å². The minimum Gasteiger partial charge on any atom is -0.387 e. The van der Waals surface area contributed by atoms with Crippen LogP contribution in [-0.2, 0) is 4.79 Å². The number of nitrogens with one attached hydrogen (secondary N) is 2. The van der Waals surface area contributed by atoms with Gasteiger partial charge in [0.1, 0.15) is 0 Å². The summed E-state index contributed by atoms with van der Waals surface area (Å²) in [5, 5.41) is 15.3. The van der Waals surface area contributed by atoms with Crippen LogP contribution in [0.3, 0.4) is 0 Å². The van der Waals surface area contributed by atoms with Crippen molar-refractivity contribution in [3.8, 4) is 0 Å². The van der Waals surface area contributed by atoms with Crippen LogP contribution in [0.2, 0.25) is 0 Å². The largest absolute Gasteiger partial charge is 0.387 e. The maximum atomic E-state index is 10.5. The van der Waals surface area contributed by atoms with Crippen molar-refractivity contribution in [1.29, 1.82) is 0 Å². The molecule has 0 radical (unpaired) electrons. The van der Waals surface area contributed by atoms with Crippen LogP contribution < -0.4 is 10.6 Å². The average Bonchev–Trinajstić information content (AvgIpc) is 2.33. The molecule has 64 valence electrons. The van der Waals surface area contributed by atoms with Crippen LogP contribution in [0.5, 0.6) is 0 Å². The van der Waals surface area contributed by atoms with E-state index in [1.807, 2.05) is 0 Å². The van der Waals surface area contributed by atoms with Gasteiger partial charge in [-0.25, -0.2) is 0 Å². The van der Waals surface area contributed by atoms with Crippen LogP contribution in [0, 0.1) is 0 Å². The Labute approximate surface area is 66.0 Å². The van der Waals surface area contributed by atoms with E-state index in [-0.39, 0.29) is 5.91 Å². The van der Waals surface area contributed by atoms with Gasteiger partial charge >= 0.3 is 0 Å². The minimum atomic E-state index is -0.717. The smallest absolute Gasteiger partial charge is 0.216 e. The summed E-state index contributed by atoms with van der Waals surface area (Å²) in [6, 6.07) is 0. The molecule has 0 aromatic rings. The van der Waals surface area contributed by atoms with Crippen LogP contribution >= 0.6 is 0 Å². The molecule has 0 aliphatic carbocycles. The van der Waals surface area contributed by atoms with Crippen molar-refractivity contribution in [2.45, 2.75) is 18.9 Å². The van der Waals surface area contributed by atoms with Gasteiger partial charge in [0.2, 0.25) is 5.91 Å². The fraction of sp³-hybridized carbons (Fsp3) is 0.857. The second kappa shape index (κ2) is 3.19. The first-order valence-electron chi connectivity index (χ1n) is 3.80. The van der Waals surface area contributed by atoms with Crippen LogP contribution in [0.15, 0.2) is 0 Å². The zero-order valence-corrected chi connectivity index (χ0v) is 6.68. The van der Waals surface area contributed by atoms with Crippen LogP contribution in [0.1, 0.15) is 13.3 Å². The van der Waals surface area contributed by atoms with E-state index in [9.17, 15) is 9.90 Å². The first-order valence-corrected chi connectivity index (χ1v) is 3.80. The van der Waals surface area contributed by atoms with Crippen LogP contribution in [-0.4, -0.2) is 36.2 Å². The summed E-state index contributed by atoms with van der Waals surface area (Å²) in [5.74, 6) is -0.0923. The fourth-order valence-corrected chi connectivity index (χ4v) is 1.17. The number of hydrogen-bond acceptors (Lipinski definition) is 3. The van der Waals surface area contributed by atoms with Crippen molar-refractivity contribution in [1.82, 2.24) is 10.6 Å². The molecule has 1 amide bonds. The molecule has 1 saturated heterocycles. The van der Waals surface area contributed by atoms with Crippen LogP contribution in [0.4, 0.5) is 0 Å². The van der Waals surface area contributed by atoms with Crippen molar-refractivity contribution in [2.24, 2.45) is 0 Å². The SMILES string of the molecule is CC(=O)NCC1(O)CCNC1.